The number of ether oxygens (including phenoxy) is 3. The molecular weight excluding hydrogens is 544 g/mol. The number of carbonyl (C=O) groups is 1. The average molecular weight is 595 g/mol. The first-order valence-electron chi connectivity index (χ1n) is 16.7. The lowest BCUT2D eigenvalue weighted by Crippen LogP contribution is -2.14. The Hall–Kier alpha value is -3.79. The van der Waals surface area contributed by atoms with E-state index in [-0.39, 0.29) is 11.9 Å². The van der Waals surface area contributed by atoms with E-state index in [1.165, 1.54) is 49.7 Å². The molecule has 0 unspecified atom stereocenters. The molecule has 4 heteroatoms. The number of fused-ring (bicyclic) bond motifs is 1. The summed E-state index contributed by atoms with van der Waals surface area (Å²) in [6.07, 6.45) is 12.1. The Morgan fingerprint density at radius 1 is 0.591 bits per heavy atom. The van der Waals surface area contributed by atoms with Crippen molar-refractivity contribution >= 4 is 16.7 Å². The Bertz CT molecular complexity index is 1410. The standard InChI is InChI=1S/C40H50O4/c1-4-6-8-9-10-11-13-26-42-38-23-20-34(21-24-38)33-16-14-32(15-17-33)30-44-39-25-22-36-28-35(18-19-37(36)29-39)31(3)40(41)43-27-12-7-5-2/h14-25,28-29,31H,4-13,26-27,30H2,1-3H3/t31-/m0/s1. The first kappa shape index (κ1) is 33.1. The van der Waals surface area contributed by atoms with Gasteiger partial charge in [-0.25, -0.2) is 0 Å². The highest BCUT2D eigenvalue weighted by atomic mass is 16.5. The molecule has 0 aliphatic carbocycles. The van der Waals surface area contributed by atoms with E-state index >= 15 is 0 Å². The number of esters is 1. The zero-order valence-electron chi connectivity index (χ0n) is 27.0. The predicted molar refractivity (Wildman–Crippen MR) is 183 cm³/mol. The van der Waals surface area contributed by atoms with E-state index in [0.29, 0.717) is 13.2 Å². The van der Waals surface area contributed by atoms with E-state index in [1.807, 2.05) is 19.1 Å². The first-order chi connectivity index (χ1) is 21.6. The van der Waals surface area contributed by atoms with Crippen LogP contribution in [-0.2, 0) is 16.1 Å². The van der Waals surface area contributed by atoms with Crippen molar-refractivity contribution in [3.8, 4) is 22.6 Å². The summed E-state index contributed by atoms with van der Waals surface area (Å²) in [7, 11) is 0. The van der Waals surface area contributed by atoms with E-state index in [9.17, 15) is 4.79 Å². The minimum atomic E-state index is -0.286. The minimum absolute atomic E-state index is 0.161. The second-order valence-electron chi connectivity index (χ2n) is 11.8. The summed E-state index contributed by atoms with van der Waals surface area (Å²) < 4.78 is 17.6. The van der Waals surface area contributed by atoms with Gasteiger partial charge in [0.2, 0.25) is 0 Å². The number of carbonyl (C=O) groups excluding carboxylic acids is 1. The molecule has 4 nitrogen and oxygen atoms in total. The van der Waals surface area contributed by atoms with Gasteiger partial charge in [-0.1, -0.05) is 126 Å². The number of hydrogen-bond acceptors (Lipinski definition) is 4. The Balaban J connectivity index is 1.23. The fourth-order valence-corrected chi connectivity index (χ4v) is 5.34. The number of unbranched alkanes of at least 4 members (excludes halogenated alkanes) is 8. The third-order valence-corrected chi connectivity index (χ3v) is 8.25. The topological polar surface area (TPSA) is 44.8 Å². The van der Waals surface area contributed by atoms with Crippen LogP contribution >= 0.6 is 0 Å². The normalized spacial score (nSPS) is 11.8. The zero-order chi connectivity index (χ0) is 31.0. The Kier molecular flexibility index (Phi) is 13.6. The molecule has 4 rings (SSSR count). The van der Waals surface area contributed by atoms with Crippen LogP contribution in [0.2, 0.25) is 0 Å². The van der Waals surface area contributed by atoms with Gasteiger partial charge < -0.3 is 14.2 Å². The summed E-state index contributed by atoms with van der Waals surface area (Å²) in [6, 6.07) is 29.2. The first-order valence-corrected chi connectivity index (χ1v) is 16.7. The third-order valence-electron chi connectivity index (χ3n) is 8.25. The van der Waals surface area contributed by atoms with Crippen LogP contribution in [0.3, 0.4) is 0 Å². The van der Waals surface area contributed by atoms with Crippen molar-refractivity contribution in [1.29, 1.82) is 0 Å². The molecule has 4 aromatic rings. The van der Waals surface area contributed by atoms with Crippen LogP contribution < -0.4 is 9.47 Å². The molecule has 0 bridgehead atoms. The molecule has 0 radical (unpaired) electrons. The van der Waals surface area contributed by atoms with E-state index in [0.717, 1.165) is 65.7 Å². The van der Waals surface area contributed by atoms with Gasteiger partial charge >= 0.3 is 5.97 Å². The van der Waals surface area contributed by atoms with Gasteiger partial charge in [-0.2, -0.15) is 0 Å². The third kappa shape index (κ3) is 10.4. The van der Waals surface area contributed by atoms with Crippen molar-refractivity contribution in [2.75, 3.05) is 13.2 Å². The predicted octanol–water partition coefficient (Wildman–Crippen LogP) is 11.1. The van der Waals surface area contributed by atoms with Gasteiger partial charge in [-0.15, -0.1) is 0 Å². The fourth-order valence-electron chi connectivity index (χ4n) is 5.34. The highest BCUT2D eigenvalue weighted by Crippen LogP contribution is 2.27. The quantitative estimate of drug-likeness (QED) is 0.0800. The largest absolute Gasteiger partial charge is 0.494 e. The highest BCUT2D eigenvalue weighted by Gasteiger charge is 2.17. The molecule has 1 atom stereocenters. The van der Waals surface area contributed by atoms with E-state index in [1.54, 1.807) is 0 Å². The summed E-state index contributed by atoms with van der Waals surface area (Å²) in [6.45, 7) is 8.09. The van der Waals surface area contributed by atoms with Crippen LogP contribution in [0, 0.1) is 0 Å². The van der Waals surface area contributed by atoms with Gasteiger partial charge in [0.05, 0.1) is 19.1 Å². The van der Waals surface area contributed by atoms with Crippen molar-refractivity contribution in [2.24, 2.45) is 0 Å². The summed E-state index contributed by atoms with van der Waals surface area (Å²) in [4.78, 5) is 12.5. The molecule has 0 N–H and O–H groups in total. The molecule has 44 heavy (non-hydrogen) atoms. The molecular formula is C40H50O4. The maximum absolute atomic E-state index is 12.5. The molecule has 0 aromatic heterocycles. The van der Waals surface area contributed by atoms with Gasteiger partial charge in [0.25, 0.3) is 0 Å². The smallest absolute Gasteiger partial charge is 0.313 e. The molecule has 0 saturated carbocycles. The Morgan fingerprint density at radius 2 is 1.16 bits per heavy atom. The van der Waals surface area contributed by atoms with Gasteiger partial charge in [0.1, 0.15) is 18.1 Å². The Labute approximate surface area is 264 Å². The van der Waals surface area contributed by atoms with Crippen molar-refractivity contribution < 1.29 is 19.0 Å². The van der Waals surface area contributed by atoms with E-state index in [4.69, 9.17) is 14.2 Å². The maximum Gasteiger partial charge on any atom is 0.313 e. The van der Waals surface area contributed by atoms with E-state index in [2.05, 4.69) is 86.6 Å². The number of rotatable bonds is 19. The van der Waals surface area contributed by atoms with Crippen LogP contribution in [0.4, 0.5) is 0 Å². The van der Waals surface area contributed by atoms with E-state index < -0.39 is 0 Å². The monoisotopic (exact) mass is 594 g/mol. The van der Waals surface area contributed by atoms with Crippen LogP contribution in [0.15, 0.2) is 84.9 Å². The summed E-state index contributed by atoms with van der Waals surface area (Å²) in [5, 5.41) is 2.17. The maximum atomic E-state index is 12.5. The van der Waals surface area contributed by atoms with Gasteiger partial charge in [-0.05, 0) is 77.1 Å². The second-order valence-corrected chi connectivity index (χ2v) is 11.8. The lowest BCUT2D eigenvalue weighted by atomic mass is 9.98. The molecule has 234 valence electrons. The molecule has 0 saturated heterocycles. The number of hydrogen-bond donors (Lipinski definition) is 0. The molecule has 0 heterocycles. The molecule has 0 fully saturated rings. The second kappa shape index (κ2) is 18.1. The lowest BCUT2D eigenvalue weighted by molar-refractivity contribution is -0.145. The van der Waals surface area contributed by atoms with Gasteiger partial charge in [-0.3, -0.25) is 4.79 Å². The summed E-state index contributed by atoms with van der Waals surface area (Å²) >= 11 is 0. The van der Waals surface area contributed by atoms with Crippen molar-refractivity contribution in [3.05, 3.63) is 96.1 Å². The number of benzene rings is 4. The van der Waals surface area contributed by atoms with Gasteiger partial charge in [0, 0.05) is 0 Å². The van der Waals surface area contributed by atoms with Crippen LogP contribution in [0.1, 0.15) is 102 Å². The molecule has 0 aliphatic rings. The minimum Gasteiger partial charge on any atom is -0.494 e. The zero-order valence-corrected chi connectivity index (χ0v) is 27.0. The van der Waals surface area contributed by atoms with Crippen molar-refractivity contribution in [3.63, 3.8) is 0 Å². The fraction of sp³-hybridized carbons (Fsp3) is 0.425. The molecule has 0 aliphatic heterocycles. The molecule has 0 amide bonds. The van der Waals surface area contributed by atoms with Crippen molar-refractivity contribution in [1.82, 2.24) is 0 Å². The van der Waals surface area contributed by atoms with Crippen molar-refractivity contribution in [2.45, 2.75) is 97.5 Å². The molecule has 0 spiro atoms. The van der Waals surface area contributed by atoms with Gasteiger partial charge in [0.15, 0.2) is 0 Å². The average Bonchev–Trinajstić information content (AvgIpc) is 3.06. The summed E-state index contributed by atoms with van der Waals surface area (Å²) in [5.41, 5.74) is 4.43. The van der Waals surface area contributed by atoms with Crippen LogP contribution in [-0.4, -0.2) is 19.2 Å². The SMILES string of the molecule is CCCCCCCCCOc1ccc(-c2ccc(COc3ccc4cc([C@H](C)C(=O)OCCCCC)ccc4c3)cc2)cc1. The highest BCUT2D eigenvalue weighted by molar-refractivity contribution is 5.86. The molecule has 4 aromatic carbocycles. The lowest BCUT2D eigenvalue weighted by Gasteiger charge is -2.13. The summed E-state index contributed by atoms with van der Waals surface area (Å²) in [5.74, 6) is 1.31. The van der Waals surface area contributed by atoms with Crippen LogP contribution in [0.25, 0.3) is 21.9 Å². The van der Waals surface area contributed by atoms with Crippen LogP contribution in [0.5, 0.6) is 11.5 Å². The Morgan fingerprint density at radius 3 is 1.89 bits per heavy atom.